The highest BCUT2D eigenvalue weighted by Gasteiger charge is 2.43. The number of amides is 6. The molecule has 3 aromatic carbocycles. The summed E-state index contributed by atoms with van der Waals surface area (Å²) in [4.78, 5) is 68.7. The normalized spacial score (nSPS) is 17.8. The summed E-state index contributed by atoms with van der Waals surface area (Å²) in [7, 11) is -1.97. The molecule has 0 bridgehead atoms. The van der Waals surface area contributed by atoms with Crippen LogP contribution in [0.15, 0.2) is 30.3 Å². The molecule has 6 amide bonds. The summed E-state index contributed by atoms with van der Waals surface area (Å²) in [6.07, 6.45) is 0.0472. The minimum absolute atomic E-state index is 0.00150. The minimum Gasteiger partial charge on any atom is -0.534 e. The molecule has 3 aliphatic heterocycles. The van der Waals surface area contributed by atoms with Crippen molar-refractivity contribution < 1.29 is 71.6 Å². The van der Waals surface area contributed by atoms with E-state index in [1.165, 1.54) is 9.80 Å². The zero-order chi connectivity index (χ0) is 40.0. The van der Waals surface area contributed by atoms with Crippen molar-refractivity contribution in [2.24, 2.45) is 0 Å². The zero-order valence-electron chi connectivity index (χ0n) is 28.1. The lowest BCUT2D eigenvalue weighted by atomic mass is 9.72. The van der Waals surface area contributed by atoms with Crippen molar-refractivity contribution in [3.63, 3.8) is 0 Å². The minimum atomic E-state index is -2.01. The number of hydrogen-bond acceptors (Lipinski definition) is 10. The van der Waals surface area contributed by atoms with Gasteiger partial charge in [-0.3, -0.25) is 9.59 Å². The smallest absolute Gasteiger partial charge is 0.534 e. The third-order valence-corrected chi connectivity index (χ3v) is 9.96. The van der Waals surface area contributed by atoms with Crippen molar-refractivity contribution in [2.45, 2.75) is 37.3 Å². The SMILES string of the molecule is O=C(O)c1c(F)ccc2c1OB(O)[C@@H](NC(=O)[C@H](NC(=O)N1CCN(C3CCN(C(=O)c4ccc(F)c(O)c4F)CC3)C1=O)c1cc(F)c(O)c(O)c1Cl)C2. The van der Waals surface area contributed by atoms with Crippen molar-refractivity contribution in [1.29, 1.82) is 0 Å². The summed E-state index contributed by atoms with van der Waals surface area (Å²) in [6, 6.07) is -0.347. The average molecular weight is 794 g/mol. The number of hydrogen-bond donors (Lipinski definition) is 7. The second-order valence-corrected chi connectivity index (χ2v) is 13.2. The first-order valence-electron chi connectivity index (χ1n) is 16.4. The Kier molecular flexibility index (Phi) is 10.6. The van der Waals surface area contributed by atoms with Crippen LogP contribution in [-0.4, -0.2) is 115 Å². The summed E-state index contributed by atoms with van der Waals surface area (Å²) >= 11 is 6.16. The molecule has 3 heterocycles. The number of phenols is 3. The van der Waals surface area contributed by atoms with Gasteiger partial charge in [-0.2, -0.15) is 0 Å². The zero-order valence-corrected chi connectivity index (χ0v) is 28.8. The lowest BCUT2D eigenvalue weighted by molar-refractivity contribution is -0.123. The molecule has 0 aliphatic carbocycles. The maximum atomic E-state index is 14.7. The van der Waals surface area contributed by atoms with Crippen LogP contribution in [0.25, 0.3) is 0 Å². The number of nitrogens with zero attached hydrogens (tertiary/aromatic N) is 3. The number of nitrogens with one attached hydrogen (secondary N) is 2. The van der Waals surface area contributed by atoms with Gasteiger partial charge < -0.3 is 50.5 Å². The summed E-state index contributed by atoms with van der Waals surface area (Å²) in [5.74, 6) is -14.6. The third kappa shape index (κ3) is 7.19. The number of imide groups is 1. The van der Waals surface area contributed by atoms with E-state index >= 15 is 0 Å². The molecular weight excluding hydrogens is 765 g/mol. The van der Waals surface area contributed by atoms with Crippen molar-refractivity contribution in [3.05, 3.63) is 80.9 Å². The summed E-state index contributed by atoms with van der Waals surface area (Å²) in [5, 5.41) is 53.6. The first-order valence-corrected chi connectivity index (χ1v) is 16.8. The number of piperidine rings is 1. The monoisotopic (exact) mass is 793 g/mol. The fourth-order valence-electron chi connectivity index (χ4n) is 6.68. The van der Waals surface area contributed by atoms with Gasteiger partial charge in [0.25, 0.3) is 5.91 Å². The number of carbonyl (C=O) groups excluding carboxylic acids is 4. The number of aromatic carboxylic acids is 1. The number of phenolic OH excluding ortho intramolecular Hbond substituents is 3. The van der Waals surface area contributed by atoms with Crippen LogP contribution in [0.2, 0.25) is 5.02 Å². The van der Waals surface area contributed by atoms with Crippen LogP contribution < -0.4 is 15.3 Å². The van der Waals surface area contributed by atoms with Gasteiger partial charge in [0.1, 0.15) is 23.2 Å². The first-order chi connectivity index (χ1) is 26.0. The van der Waals surface area contributed by atoms with Gasteiger partial charge in [0.15, 0.2) is 34.7 Å². The van der Waals surface area contributed by atoms with Crippen molar-refractivity contribution in [1.82, 2.24) is 25.3 Å². The molecule has 0 aromatic heterocycles. The number of rotatable bonds is 7. The molecular formula is C33H29BClF4N5O11. The molecule has 16 nitrogen and oxygen atoms in total. The van der Waals surface area contributed by atoms with Gasteiger partial charge >= 0.3 is 25.1 Å². The number of fused-ring (bicyclic) bond motifs is 1. The van der Waals surface area contributed by atoms with E-state index in [4.69, 9.17) is 16.3 Å². The third-order valence-electron chi connectivity index (χ3n) is 9.56. The van der Waals surface area contributed by atoms with Crippen LogP contribution in [0.5, 0.6) is 23.0 Å². The Hall–Kier alpha value is -5.96. The standard InChI is InChI=1S/C33H29BClF4N5O11/c35-22-16(12-19(38)26(46)27(22)47)24(29(48)40-20-11-13-1-3-17(36)21(31(50)51)28(13)55-34(20)54)41-32(52)44-10-9-43(33(44)53)14-5-7-42(8-6-14)30(49)15-2-4-18(37)25(45)23(15)39/h1-4,12,14,20,24,45-47,54H,5-11H2,(H,40,48)(H,41,52)(H,50,51)/t20-,24+/m0/s1. The molecule has 0 saturated carbocycles. The van der Waals surface area contributed by atoms with Gasteiger partial charge in [-0.1, -0.05) is 17.7 Å². The van der Waals surface area contributed by atoms with Crippen molar-refractivity contribution >= 4 is 48.6 Å². The molecule has 3 aliphatic rings. The van der Waals surface area contributed by atoms with Crippen LogP contribution >= 0.6 is 11.6 Å². The fraction of sp³-hybridized carbons (Fsp3) is 0.303. The summed E-state index contributed by atoms with van der Waals surface area (Å²) < 4.78 is 62.0. The second-order valence-electron chi connectivity index (χ2n) is 12.8. The van der Waals surface area contributed by atoms with Crippen LogP contribution in [0.1, 0.15) is 50.7 Å². The number of likely N-dealkylation sites (tertiary alicyclic amines) is 1. The van der Waals surface area contributed by atoms with E-state index in [2.05, 4.69) is 10.6 Å². The van der Waals surface area contributed by atoms with Gasteiger partial charge in [-0.15, -0.1) is 0 Å². The van der Waals surface area contributed by atoms with E-state index in [1.54, 1.807) is 0 Å². The molecule has 22 heteroatoms. The fourth-order valence-corrected chi connectivity index (χ4v) is 6.93. The number of aromatic hydroxyl groups is 3. The van der Waals surface area contributed by atoms with E-state index in [0.29, 0.717) is 6.07 Å². The predicted octanol–water partition coefficient (Wildman–Crippen LogP) is 2.64. The number of carboxylic acid groups (broad SMARTS) is 1. The number of halogens is 5. The van der Waals surface area contributed by atoms with E-state index < -0.39 is 123 Å². The number of carbonyl (C=O) groups is 5. The molecule has 0 radical (unpaired) electrons. The Morgan fingerprint density at radius 3 is 2.25 bits per heavy atom. The molecule has 55 heavy (non-hydrogen) atoms. The maximum absolute atomic E-state index is 14.7. The maximum Gasteiger partial charge on any atom is 0.547 e. The predicted molar refractivity (Wildman–Crippen MR) is 179 cm³/mol. The molecule has 7 N–H and O–H groups in total. The molecule has 3 aromatic rings. The van der Waals surface area contributed by atoms with Gasteiger partial charge in [-0.25, -0.2) is 36.8 Å². The lowest BCUT2D eigenvalue weighted by Crippen LogP contribution is -2.56. The Labute approximate surface area is 312 Å². The highest BCUT2D eigenvalue weighted by atomic mass is 35.5. The Morgan fingerprint density at radius 2 is 1.58 bits per heavy atom. The topological polar surface area (TPSA) is 230 Å². The average Bonchev–Trinajstić information content (AvgIpc) is 3.54. The molecule has 290 valence electrons. The number of benzene rings is 3. The van der Waals surface area contributed by atoms with Crippen molar-refractivity contribution in [3.8, 4) is 23.0 Å². The number of urea groups is 2. The number of carboxylic acids is 1. The summed E-state index contributed by atoms with van der Waals surface area (Å²) in [6.45, 7) is -0.153. The quantitative estimate of drug-likeness (QED) is 0.105. The van der Waals surface area contributed by atoms with Gasteiger partial charge in [0.2, 0.25) is 5.91 Å². The molecule has 2 atom stereocenters. The van der Waals surface area contributed by atoms with Crippen LogP contribution in [0.3, 0.4) is 0 Å². The van der Waals surface area contributed by atoms with E-state index in [1.807, 2.05) is 0 Å². The Morgan fingerprint density at radius 1 is 0.909 bits per heavy atom. The molecule has 2 fully saturated rings. The van der Waals surface area contributed by atoms with Crippen LogP contribution in [-0.2, 0) is 11.2 Å². The van der Waals surface area contributed by atoms with E-state index in [-0.39, 0.29) is 51.0 Å². The van der Waals surface area contributed by atoms with Gasteiger partial charge in [0, 0.05) is 37.8 Å². The van der Waals surface area contributed by atoms with E-state index in [9.17, 15) is 67.0 Å². The van der Waals surface area contributed by atoms with Crippen LogP contribution in [0.4, 0.5) is 27.2 Å². The summed E-state index contributed by atoms with van der Waals surface area (Å²) in [5.41, 5.74) is -1.93. The van der Waals surface area contributed by atoms with Gasteiger partial charge in [-0.05, 0) is 49.1 Å². The van der Waals surface area contributed by atoms with Crippen LogP contribution in [0, 0.1) is 23.3 Å². The Balaban J connectivity index is 1.17. The highest BCUT2D eigenvalue weighted by molar-refractivity contribution is 6.47. The molecule has 2 saturated heterocycles. The highest BCUT2D eigenvalue weighted by Crippen LogP contribution is 2.41. The molecule has 0 spiro atoms. The van der Waals surface area contributed by atoms with E-state index in [0.717, 1.165) is 29.2 Å². The second kappa shape index (κ2) is 15.1. The van der Waals surface area contributed by atoms with Gasteiger partial charge in [0.05, 0.1) is 16.5 Å². The first kappa shape index (κ1) is 38.8. The largest absolute Gasteiger partial charge is 0.547 e. The molecule has 6 rings (SSSR count). The lowest BCUT2D eigenvalue weighted by Gasteiger charge is -2.36. The Bertz CT molecular complexity index is 2130. The van der Waals surface area contributed by atoms with Crippen molar-refractivity contribution in [2.75, 3.05) is 26.2 Å². The molecule has 0 unspecified atom stereocenters.